The van der Waals surface area contributed by atoms with Crippen LogP contribution < -0.4 is 5.43 Å². The molecule has 4 aromatic rings. The Labute approximate surface area is 172 Å². The number of furan rings is 2. The number of carbonyl (C=O) groups excluding carboxylic acids is 1. The maximum absolute atomic E-state index is 12.2. The van der Waals surface area contributed by atoms with Crippen LogP contribution in [0.2, 0.25) is 0 Å². The van der Waals surface area contributed by atoms with Crippen molar-refractivity contribution in [3.8, 4) is 11.3 Å². The fourth-order valence-electron chi connectivity index (χ4n) is 2.68. The molecule has 2 heterocycles. The zero-order valence-corrected chi connectivity index (χ0v) is 16.3. The molecule has 0 aliphatic heterocycles. The maximum atomic E-state index is 12.2. The number of halogens is 1. The van der Waals surface area contributed by atoms with E-state index in [4.69, 9.17) is 8.83 Å². The molecule has 8 nitrogen and oxygen atoms in total. The molecule has 1 amide bonds. The second-order valence-electron chi connectivity index (χ2n) is 6.00. The van der Waals surface area contributed by atoms with Gasteiger partial charge in [0.25, 0.3) is 5.69 Å². The van der Waals surface area contributed by atoms with E-state index in [1.54, 1.807) is 12.1 Å². The lowest BCUT2D eigenvalue weighted by molar-refractivity contribution is -0.384. The van der Waals surface area contributed by atoms with Gasteiger partial charge in [0, 0.05) is 27.6 Å². The van der Waals surface area contributed by atoms with Crippen molar-refractivity contribution in [3.05, 3.63) is 86.8 Å². The fourth-order valence-corrected chi connectivity index (χ4v) is 3.08. The smallest absolute Gasteiger partial charge is 0.307 e. The van der Waals surface area contributed by atoms with Crippen LogP contribution in [0.5, 0.6) is 0 Å². The van der Waals surface area contributed by atoms with E-state index in [2.05, 4.69) is 26.5 Å². The van der Waals surface area contributed by atoms with Crippen LogP contribution in [0.25, 0.3) is 22.3 Å². The Hall–Kier alpha value is -3.72. The molecule has 9 heteroatoms. The third-order valence-electron chi connectivity index (χ3n) is 4.03. The highest BCUT2D eigenvalue weighted by atomic mass is 79.9. The lowest BCUT2D eigenvalue weighted by Gasteiger charge is -1.97. The van der Waals surface area contributed by atoms with Gasteiger partial charge in [0.1, 0.15) is 17.1 Å². The molecular formula is C20H12BrN3O5. The van der Waals surface area contributed by atoms with Gasteiger partial charge in [0.2, 0.25) is 0 Å². The lowest BCUT2D eigenvalue weighted by Crippen LogP contribution is -2.16. The molecule has 29 heavy (non-hydrogen) atoms. The summed E-state index contributed by atoms with van der Waals surface area (Å²) in [6.45, 7) is 0. The average molecular weight is 454 g/mol. The van der Waals surface area contributed by atoms with E-state index in [9.17, 15) is 14.9 Å². The number of hydrogen-bond donors (Lipinski definition) is 1. The van der Waals surface area contributed by atoms with E-state index in [-0.39, 0.29) is 11.4 Å². The maximum Gasteiger partial charge on any atom is 0.307 e. The van der Waals surface area contributed by atoms with Gasteiger partial charge in [-0.1, -0.05) is 28.1 Å². The summed E-state index contributed by atoms with van der Waals surface area (Å²) >= 11 is 3.41. The minimum absolute atomic E-state index is 0.00748. The van der Waals surface area contributed by atoms with E-state index in [1.807, 2.05) is 24.3 Å². The van der Waals surface area contributed by atoms with E-state index < -0.39 is 10.8 Å². The van der Waals surface area contributed by atoms with E-state index in [0.29, 0.717) is 22.5 Å². The number of hydrogen-bond acceptors (Lipinski definition) is 6. The molecule has 1 N–H and O–H groups in total. The predicted octanol–water partition coefficient (Wildman–Crippen LogP) is 5.13. The number of amides is 1. The number of benzene rings is 2. The van der Waals surface area contributed by atoms with Gasteiger partial charge in [0.15, 0.2) is 5.76 Å². The number of nitrogens with one attached hydrogen (secondary N) is 1. The molecule has 0 unspecified atom stereocenters. The first-order valence-electron chi connectivity index (χ1n) is 8.37. The van der Waals surface area contributed by atoms with Gasteiger partial charge in [-0.05, 0) is 36.4 Å². The summed E-state index contributed by atoms with van der Waals surface area (Å²) in [4.78, 5) is 22.5. The molecule has 2 aromatic heterocycles. The molecule has 0 radical (unpaired) electrons. The quantitative estimate of drug-likeness (QED) is 0.255. The van der Waals surface area contributed by atoms with Gasteiger partial charge < -0.3 is 8.83 Å². The Morgan fingerprint density at radius 2 is 1.97 bits per heavy atom. The third-order valence-corrected chi connectivity index (χ3v) is 4.52. The van der Waals surface area contributed by atoms with Crippen molar-refractivity contribution in [2.75, 3.05) is 0 Å². The van der Waals surface area contributed by atoms with Gasteiger partial charge in [-0.2, -0.15) is 5.10 Å². The van der Waals surface area contributed by atoms with Gasteiger partial charge in [-0.15, -0.1) is 0 Å². The van der Waals surface area contributed by atoms with Crippen molar-refractivity contribution in [3.63, 3.8) is 0 Å². The highest BCUT2D eigenvalue weighted by Gasteiger charge is 2.14. The Kier molecular flexibility index (Phi) is 4.96. The Balaban J connectivity index is 1.45. The van der Waals surface area contributed by atoms with Gasteiger partial charge >= 0.3 is 5.91 Å². The topological polar surface area (TPSA) is 111 Å². The van der Waals surface area contributed by atoms with Crippen LogP contribution in [-0.2, 0) is 0 Å². The molecule has 0 spiro atoms. The third kappa shape index (κ3) is 4.09. The summed E-state index contributed by atoms with van der Waals surface area (Å²) in [6.07, 6.45) is 1.37. The molecule has 0 atom stereocenters. The Morgan fingerprint density at radius 1 is 1.10 bits per heavy atom. The summed E-state index contributed by atoms with van der Waals surface area (Å²) in [6, 6.07) is 16.7. The van der Waals surface area contributed by atoms with Crippen LogP contribution in [0, 0.1) is 10.1 Å². The lowest BCUT2D eigenvalue weighted by atomic mass is 10.2. The SMILES string of the molecule is O=C(N/N=C/c1ccc(-c2cccc(Br)c2)o1)c1cc2cc([N+](=O)[O-])ccc2o1. The zero-order chi connectivity index (χ0) is 20.4. The van der Waals surface area contributed by atoms with Crippen molar-refractivity contribution < 1.29 is 18.6 Å². The number of rotatable bonds is 5. The molecule has 0 bridgehead atoms. The first-order valence-corrected chi connectivity index (χ1v) is 9.16. The van der Waals surface area contributed by atoms with Gasteiger partial charge in [-0.3, -0.25) is 14.9 Å². The monoisotopic (exact) mass is 453 g/mol. The summed E-state index contributed by atoms with van der Waals surface area (Å²) < 4.78 is 12.0. The second kappa shape index (κ2) is 7.72. The van der Waals surface area contributed by atoms with E-state index in [1.165, 1.54) is 30.5 Å². The summed E-state index contributed by atoms with van der Waals surface area (Å²) in [5.74, 6) is 0.532. The number of nitro benzene ring substituents is 1. The van der Waals surface area contributed by atoms with Crippen molar-refractivity contribution in [2.24, 2.45) is 5.10 Å². The second-order valence-corrected chi connectivity index (χ2v) is 6.92. The number of nitro groups is 1. The standard InChI is InChI=1S/C20H12BrN3O5/c21-14-3-1-2-12(8-14)17-7-5-16(28-17)11-22-23-20(25)19-10-13-9-15(24(26)27)4-6-18(13)29-19/h1-11H,(H,23,25)/b22-11+. The summed E-state index contributed by atoms with van der Waals surface area (Å²) in [5.41, 5.74) is 3.53. The molecule has 0 aliphatic carbocycles. The molecule has 144 valence electrons. The van der Waals surface area contributed by atoms with E-state index >= 15 is 0 Å². The van der Waals surface area contributed by atoms with Crippen LogP contribution in [-0.4, -0.2) is 17.0 Å². The first-order chi connectivity index (χ1) is 14.0. The summed E-state index contributed by atoms with van der Waals surface area (Å²) in [5, 5.41) is 15.2. The molecule has 4 rings (SSSR count). The predicted molar refractivity (Wildman–Crippen MR) is 110 cm³/mol. The molecule has 0 saturated heterocycles. The van der Waals surface area contributed by atoms with E-state index in [0.717, 1.165) is 10.0 Å². The van der Waals surface area contributed by atoms with Crippen molar-refractivity contribution in [1.29, 1.82) is 0 Å². The molecule has 2 aromatic carbocycles. The highest BCUT2D eigenvalue weighted by Crippen LogP contribution is 2.25. The average Bonchev–Trinajstić information content (AvgIpc) is 3.34. The number of carbonyl (C=O) groups is 1. The molecular weight excluding hydrogens is 442 g/mol. The van der Waals surface area contributed by atoms with Crippen LogP contribution in [0.15, 0.2) is 79.1 Å². The first kappa shape index (κ1) is 18.6. The zero-order valence-electron chi connectivity index (χ0n) is 14.7. The van der Waals surface area contributed by atoms with Crippen LogP contribution in [0.3, 0.4) is 0 Å². The van der Waals surface area contributed by atoms with Gasteiger partial charge in [0.05, 0.1) is 11.1 Å². The van der Waals surface area contributed by atoms with Crippen LogP contribution >= 0.6 is 15.9 Å². The molecule has 0 fully saturated rings. The van der Waals surface area contributed by atoms with Gasteiger partial charge in [-0.25, -0.2) is 5.43 Å². The largest absolute Gasteiger partial charge is 0.455 e. The number of fused-ring (bicyclic) bond motifs is 1. The fraction of sp³-hybridized carbons (Fsp3) is 0. The normalized spacial score (nSPS) is 11.2. The minimum atomic E-state index is -0.584. The minimum Gasteiger partial charge on any atom is -0.455 e. The van der Waals surface area contributed by atoms with Crippen molar-refractivity contribution in [1.82, 2.24) is 5.43 Å². The summed E-state index contributed by atoms with van der Waals surface area (Å²) in [7, 11) is 0. The highest BCUT2D eigenvalue weighted by molar-refractivity contribution is 9.10. The van der Waals surface area contributed by atoms with Crippen LogP contribution in [0.1, 0.15) is 16.3 Å². The molecule has 0 aliphatic rings. The number of nitrogens with zero attached hydrogens (tertiary/aromatic N) is 2. The molecule has 0 saturated carbocycles. The Bertz CT molecular complexity index is 1260. The number of hydrazone groups is 1. The van der Waals surface area contributed by atoms with Crippen LogP contribution in [0.4, 0.5) is 5.69 Å². The van der Waals surface area contributed by atoms with Crippen molar-refractivity contribution >= 4 is 44.7 Å². The number of non-ortho nitro benzene ring substituents is 1. The van der Waals surface area contributed by atoms with Crippen molar-refractivity contribution in [2.45, 2.75) is 0 Å². The Morgan fingerprint density at radius 3 is 2.76 bits per heavy atom.